The predicted molar refractivity (Wildman–Crippen MR) is 56.3 cm³/mol. The van der Waals surface area contributed by atoms with Gasteiger partial charge in [-0.2, -0.15) is 0 Å². The number of rotatable bonds is 4. The van der Waals surface area contributed by atoms with Gasteiger partial charge in [0.1, 0.15) is 6.42 Å². The normalized spacial score (nSPS) is 16.4. The van der Waals surface area contributed by atoms with E-state index in [2.05, 4.69) is 0 Å². The average Bonchev–Trinajstić information content (AvgIpc) is 2.69. The van der Waals surface area contributed by atoms with Crippen molar-refractivity contribution >= 4 is 11.9 Å². The van der Waals surface area contributed by atoms with Crippen molar-refractivity contribution in [1.82, 2.24) is 4.90 Å². The lowest BCUT2D eigenvalue weighted by molar-refractivity contribution is -0.148. The van der Waals surface area contributed by atoms with Crippen LogP contribution in [0, 0.1) is 0 Å². The molecule has 1 amide bonds. The van der Waals surface area contributed by atoms with Crippen molar-refractivity contribution in [1.29, 1.82) is 0 Å². The van der Waals surface area contributed by atoms with E-state index in [4.69, 9.17) is 4.74 Å². The van der Waals surface area contributed by atoms with E-state index in [0.717, 1.165) is 12.8 Å². The van der Waals surface area contributed by atoms with Crippen molar-refractivity contribution in [3.8, 4) is 0 Å². The first kappa shape index (κ1) is 12.0. The average molecular weight is 213 g/mol. The lowest BCUT2D eigenvalue weighted by Crippen LogP contribution is -2.36. The monoisotopic (exact) mass is 213 g/mol. The zero-order valence-electron chi connectivity index (χ0n) is 9.49. The minimum atomic E-state index is -0.424. The van der Waals surface area contributed by atoms with Crippen LogP contribution in [0.2, 0.25) is 0 Å². The van der Waals surface area contributed by atoms with Gasteiger partial charge in [-0.05, 0) is 19.8 Å². The molecule has 86 valence electrons. The summed E-state index contributed by atoms with van der Waals surface area (Å²) in [5.41, 5.74) is 0. The van der Waals surface area contributed by atoms with E-state index in [9.17, 15) is 9.59 Å². The molecule has 0 heterocycles. The van der Waals surface area contributed by atoms with Crippen LogP contribution in [0.15, 0.2) is 0 Å². The van der Waals surface area contributed by atoms with Gasteiger partial charge in [-0.15, -0.1) is 0 Å². The van der Waals surface area contributed by atoms with Crippen molar-refractivity contribution in [2.75, 3.05) is 13.7 Å². The van der Waals surface area contributed by atoms with Gasteiger partial charge in [0.05, 0.1) is 6.61 Å². The fraction of sp³-hybridized carbons (Fsp3) is 0.818. The van der Waals surface area contributed by atoms with Crippen molar-refractivity contribution in [3.63, 3.8) is 0 Å². The molecule has 0 aromatic heterocycles. The smallest absolute Gasteiger partial charge is 0.315 e. The fourth-order valence-corrected chi connectivity index (χ4v) is 1.96. The summed E-state index contributed by atoms with van der Waals surface area (Å²) >= 11 is 0. The van der Waals surface area contributed by atoms with Crippen molar-refractivity contribution in [3.05, 3.63) is 0 Å². The molecule has 0 aromatic carbocycles. The number of amides is 1. The largest absolute Gasteiger partial charge is 0.466 e. The summed E-state index contributed by atoms with van der Waals surface area (Å²) < 4.78 is 4.74. The lowest BCUT2D eigenvalue weighted by Gasteiger charge is -2.23. The summed E-state index contributed by atoms with van der Waals surface area (Å²) in [6.45, 7) is 2.07. The van der Waals surface area contributed by atoms with Gasteiger partial charge in [0.15, 0.2) is 0 Å². The molecule has 1 saturated carbocycles. The molecule has 0 aromatic rings. The predicted octanol–water partition coefficient (Wildman–Crippen LogP) is 1.34. The lowest BCUT2D eigenvalue weighted by atomic mass is 10.2. The Morgan fingerprint density at radius 2 is 1.93 bits per heavy atom. The molecule has 0 aliphatic heterocycles. The third-order valence-corrected chi connectivity index (χ3v) is 2.87. The molecule has 1 aliphatic rings. The maximum Gasteiger partial charge on any atom is 0.315 e. The number of carbonyl (C=O) groups is 2. The molecule has 4 heteroatoms. The summed E-state index contributed by atoms with van der Waals surface area (Å²) in [6, 6.07) is 0.326. The zero-order chi connectivity index (χ0) is 11.3. The number of hydrogen-bond donors (Lipinski definition) is 0. The fourth-order valence-electron chi connectivity index (χ4n) is 1.96. The highest BCUT2D eigenvalue weighted by molar-refractivity contribution is 5.94. The molecule has 0 bridgehead atoms. The Bertz CT molecular complexity index is 234. The Kier molecular flexibility index (Phi) is 4.59. The Morgan fingerprint density at radius 1 is 1.33 bits per heavy atom. The van der Waals surface area contributed by atoms with Crippen LogP contribution < -0.4 is 0 Å². The molecule has 15 heavy (non-hydrogen) atoms. The maximum atomic E-state index is 11.6. The molecule has 0 spiro atoms. The number of esters is 1. The van der Waals surface area contributed by atoms with Crippen molar-refractivity contribution < 1.29 is 14.3 Å². The molecule has 0 saturated heterocycles. The summed E-state index contributed by atoms with van der Waals surface area (Å²) in [5.74, 6) is -0.548. The second-order valence-corrected chi connectivity index (χ2v) is 3.92. The van der Waals surface area contributed by atoms with Gasteiger partial charge in [-0.1, -0.05) is 12.8 Å². The minimum absolute atomic E-state index is 0.124. The van der Waals surface area contributed by atoms with Gasteiger partial charge in [0.25, 0.3) is 0 Å². The van der Waals surface area contributed by atoms with Crippen LogP contribution in [-0.4, -0.2) is 36.5 Å². The maximum absolute atomic E-state index is 11.6. The number of ether oxygens (including phenoxy) is 1. The highest BCUT2D eigenvalue weighted by atomic mass is 16.5. The van der Waals surface area contributed by atoms with E-state index in [1.54, 1.807) is 18.9 Å². The quantitative estimate of drug-likeness (QED) is 0.523. The standard InChI is InChI=1S/C11H19NO3/c1-3-15-11(14)8-10(13)12(2)9-6-4-5-7-9/h9H,3-8H2,1-2H3. The second-order valence-electron chi connectivity index (χ2n) is 3.92. The molecule has 0 radical (unpaired) electrons. The molecular formula is C11H19NO3. The Labute approximate surface area is 90.6 Å². The van der Waals surface area contributed by atoms with Crippen LogP contribution in [0.5, 0.6) is 0 Å². The molecule has 1 fully saturated rings. The van der Waals surface area contributed by atoms with Crippen molar-refractivity contribution in [2.24, 2.45) is 0 Å². The Balaban J connectivity index is 2.35. The van der Waals surface area contributed by atoms with E-state index in [1.807, 2.05) is 0 Å². The van der Waals surface area contributed by atoms with Crippen LogP contribution >= 0.6 is 0 Å². The molecule has 0 atom stereocenters. The van der Waals surface area contributed by atoms with Gasteiger partial charge in [0.2, 0.25) is 5.91 Å². The molecule has 1 rings (SSSR count). The number of carbonyl (C=O) groups excluding carboxylic acids is 2. The van der Waals surface area contributed by atoms with Crippen molar-refractivity contribution in [2.45, 2.75) is 45.1 Å². The van der Waals surface area contributed by atoms with E-state index in [1.165, 1.54) is 12.8 Å². The van der Waals surface area contributed by atoms with Crippen LogP contribution in [0.4, 0.5) is 0 Å². The minimum Gasteiger partial charge on any atom is -0.466 e. The molecule has 1 aliphatic carbocycles. The third kappa shape index (κ3) is 3.53. The molecule has 4 nitrogen and oxygen atoms in total. The SMILES string of the molecule is CCOC(=O)CC(=O)N(C)C1CCCC1. The van der Waals surface area contributed by atoms with Crippen LogP contribution in [0.25, 0.3) is 0 Å². The van der Waals surface area contributed by atoms with Gasteiger partial charge >= 0.3 is 5.97 Å². The van der Waals surface area contributed by atoms with Gasteiger partial charge < -0.3 is 9.64 Å². The Morgan fingerprint density at radius 3 is 2.47 bits per heavy atom. The van der Waals surface area contributed by atoms with E-state index in [0.29, 0.717) is 12.6 Å². The zero-order valence-corrected chi connectivity index (χ0v) is 9.49. The number of nitrogens with zero attached hydrogens (tertiary/aromatic N) is 1. The summed E-state index contributed by atoms with van der Waals surface area (Å²) in [4.78, 5) is 24.4. The molecule has 0 N–H and O–H groups in total. The van der Waals surface area contributed by atoms with Gasteiger partial charge in [-0.3, -0.25) is 9.59 Å². The van der Waals surface area contributed by atoms with Crippen LogP contribution in [0.1, 0.15) is 39.0 Å². The van der Waals surface area contributed by atoms with Crippen LogP contribution in [0.3, 0.4) is 0 Å². The third-order valence-electron chi connectivity index (χ3n) is 2.87. The van der Waals surface area contributed by atoms with E-state index >= 15 is 0 Å². The highest BCUT2D eigenvalue weighted by Gasteiger charge is 2.24. The first-order chi connectivity index (χ1) is 7.15. The Hall–Kier alpha value is -1.06. The molecular weight excluding hydrogens is 194 g/mol. The highest BCUT2D eigenvalue weighted by Crippen LogP contribution is 2.22. The summed E-state index contributed by atoms with van der Waals surface area (Å²) in [5, 5.41) is 0. The number of hydrogen-bond acceptors (Lipinski definition) is 3. The first-order valence-corrected chi connectivity index (χ1v) is 5.56. The summed E-state index contributed by atoms with van der Waals surface area (Å²) in [7, 11) is 1.78. The topological polar surface area (TPSA) is 46.6 Å². The first-order valence-electron chi connectivity index (χ1n) is 5.56. The van der Waals surface area contributed by atoms with E-state index < -0.39 is 5.97 Å². The summed E-state index contributed by atoms with van der Waals surface area (Å²) in [6.07, 6.45) is 4.36. The van der Waals surface area contributed by atoms with Crippen LogP contribution in [-0.2, 0) is 14.3 Å². The van der Waals surface area contributed by atoms with Gasteiger partial charge in [0, 0.05) is 13.1 Å². The van der Waals surface area contributed by atoms with Gasteiger partial charge in [-0.25, -0.2) is 0 Å². The molecule has 0 unspecified atom stereocenters. The second kappa shape index (κ2) is 5.73. The van der Waals surface area contributed by atoms with E-state index in [-0.39, 0.29) is 12.3 Å².